The van der Waals surface area contributed by atoms with Gasteiger partial charge in [-0.3, -0.25) is 4.90 Å². The van der Waals surface area contributed by atoms with E-state index < -0.39 is 0 Å². The lowest BCUT2D eigenvalue weighted by Crippen LogP contribution is -2.29. The van der Waals surface area contributed by atoms with Crippen LogP contribution >= 0.6 is 0 Å². The fraction of sp³-hybridized carbons (Fsp3) is 0.900. The summed E-state index contributed by atoms with van der Waals surface area (Å²) in [6.45, 7) is 3.62. The summed E-state index contributed by atoms with van der Waals surface area (Å²) in [5, 5.41) is 17.6. The molecular weight excluding hydrogens is 164 g/mol. The zero-order chi connectivity index (χ0) is 9.68. The zero-order valence-corrected chi connectivity index (χ0v) is 8.24. The summed E-state index contributed by atoms with van der Waals surface area (Å²) in [7, 11) is 0. The van der Waals surface area contributed by atoms with Crippen molar-refractivity contribution in [2.45, 2.75) is 44.8 Å². The normalized spacial score (nSPS) is 18.6. The maximum atomic E-state index is 9.14. The molecule has 0 saturated heterocycles. The fourth-order valence-electron chi connectivity index (χ4n) is 1.46. The molecule has 0 amide bonds. The van der Waals surface area contributed by atoms with Crippen LogP contribution in [0, 0.1) is 11.3 Å². The second-order valence-corrected chi connectivity index (χ2v) is 3.81. The van der Waals surface area contributed by atoms with Crippen molar-refractivity contribution in [2.75, 3.05) is 13.1 Å². The smallest absolute Gasteiger partial charge is 0.0635 e. The van der Waals surface area contributed by atoms with Crippen molar-refractivity contribution in [1.82, 2.24) is 4.90 Å². The van der Waals surface area contributed by atoms with Crippen molar-refractivity contribution in [3.63, 3.8) is 0 Å². The van der Waals surface area contributed by atoms with E-state index in [-0.39, 0.29) is 6.10 Å². The molecule has 13 heavy (non-hydrogen) atoms. The first kappa shape index (κ1) is 10.5. The van der Waals surface area contributed by atoms with Gasteiger partial charge in [0.15, 0.2) is 0 Å². The molecule has 3 nitrogen and oxygen atoms in total. The number of nitriles is 1. The van der Waals surface area contributed by atoms with Crippen LogP contribution in [0.4, 0.5) is 0 Å². The first-order valence-corrected chi connectivity index (χ1v) is 5.03. The molecule has 0 bridgehead atoms. The topological polar surface area (TPSA) is 47.3 Å². The van der Waals surface area contributed by atoms with Gasteiger partial charge in [0.2, 0.25) is 0 Å². The van der Waals surface area contributed by atoms with Crippen LogP contribution < -0.4 is 0 Å². The molecule has 1 atom stereocenters. The van der Waals surface area contributed by atoms with Gasteiger partial charge in [-0.1, -0.05) is 0 Å². The molecule has 3 heteroatoms. The monoisotopic (exact) mass is 182 g/mol. The number of rotatable bonds is 6. The second-order valence-electron chi connectivity index (χ2n) is 3.81. The van der Waals surface area contributed by atoms with Crippen molar-refractivity contribution in [3.8, 4) is 6.07 Å². The molecule has 0 aromatic heterocycles. The number of aliphatic hydroxyl groups is 1. The molecule has 0 radical (unpaired) electrons. The van der Waals surface area contributed by atoms with Crippen LogP contribution in [0.5, 0.6) is 0 Å². The van der Waals surface area contributed by atoms with E-state index in [9.17, 15) is 0 Å². The maximum absolute atomic E-state index is 9.14. The zero-order valence-electron chi connectivity index (χ0n) is 8.24. The van der Waals surface area contributed by atoms with Gasteiger partial charge < -0.3 is 5.11 Å². The van der Waals surface area contributed by atoms with Crippen LogP contribution in [0.15, 0.2) is 0 Å². The van der Waals surface area contributed by atoms with Gasteiger partial charge in [-0.15, -0.1) is 0 Å². The Bertz CT molecular complexity index is 182. The molecule has 0 spiro atoms. The van der Waals surface area contributed by atoms with Crippen LogP contribution in [0.25, 0.3) is 0 Å². The first-order chi connectivity index (χ1) is 6.24. The SMILES string of the molecule is CC(O)CCN(CCC#N)C1CC1. The Morgan fingerprint density at radius 3 is 2.69 bits per heavy atom. The summed E-state index contributed by atoms with van der Waals surface area (Å²) in [5.41, 5.74) is 0. The van der Waals surface area contributed by atoms with E-state index in [2.05, 4.69) is 11.0 Å². The van der Waals surface area contributed by atoms with Gasteiger partial charge in [-0.05, 0) is 26.2 Å². The van der Waals surface area contributed by atoms with Crippen molar-refractivity contribution >= 4 is 0 Å². The average molecular weight is 182 g/mol. The van der Waals surface area contributed by atoms with Gasteiger partial charge in [0.1, 0.15) is 0 Å². The van der Waals surface area contributed by atoms with Gasteiger partial charge in [-0.25, -0.2) is 0 Å². The highest BCUT2D eigenvalue weighted by Crippen LogP contribution is 2.26. The number of hydrogen-bond donors (Lipinski definition) is 1. The minimum Gasteiger partial charge on any atom is -0.393 e. The molecule has 1 unspecified atom stereocenters. The molecule has 0 aromatic carbocycles. The van der Waals surface area contributed by atoms with E-state index in [0.717, 1.165) is 19.5 Å². The Morgan fingerprint density at radius 2 is 2.23 bits per heavy atom. The molecule has 1 aliphatic rings. The quantitative estimate of drug-likeness (QED) is 0.670. The fourth-order valence-corrected chi connectivity index (χ4v) is 1.46. The van der Waals surface area contributed by atoms with Crippen LogP contribution in [-0.4, -0.2) is 35.2 Å². The van der Waals surface area contributed by atoms with Crippen molar-refractivity contribution in [3.05, 3.63) is 0 Å². The van der Waals surface area contributed by atoms with Crippen LogP contribution in [0.3, 0.4) is 0 Å². The number of nitrogens with zero attached hydrogens (tertiary/aromatic N) is 2. The van der Waals surface area contributed by atoms with Crippen molar-refractivity contribution < 1.29 is 5.11 Å². The number of aliphatic hydroxyl groups excluding tert-OH is 1. The first-order valence-electron chi connectivity index (χ1n) is 5.03. The lowest BCUT2D eigenvalue weighted by molar-refractivity contribution is 0.154. The summed E-state index contributed by atoms with van der Waals surface area (Å²) in [6, 6.07) is 2.87. The third-order valence-corrected chi connectivity index (χ3v) is 2.41. The average Bonchev–Trinajstić information content (AvgIpc) is 2.87. The molecule has 74 valence electrons. The Kier molecular flexibility index (Phi) is 4.20. The summed E-state index contributed by atoms with van der Waals surface area (Å²) in [6.07, 6.45) is 3.75. The molecule has 1 aliphatic carbocycles. The molecule has 0 heterocycles. The molecule has 1 saturated carbocycles. The maximum Gasteiger partial charge on any atom is 0.0635 e. The Labute approximate surface area is 80.0 Å². The molecule has 1 fully saturated rings. The summed E-state index contributed by atoms with van der Waals surface area (Å²) in [5.74, 6) is 0. The van der Waals surface area contributed by atoms with Crippen molar-refractivity contribution in [2.24, 2.45) is 0 Å². The molecule has 0 aliphatic heterocycles. The minimum atomic E-state index is -0.219. The number of hydrogen-bond acceptors (Lipinski definition) is 3. The van der Waals surface area contributed by atoms with Gasteiger partial charge in [0.25, 0.3) is 0 Å². The summed E-state index contributed by atoms with van der Waals surface area (Å²) in [4.78, 5) is 2.33. The molecule has 1 N–H and O–H groups in total. The van der Waals surface area contributed by atoms with Gasteiger partial charge >= 0.3 is 0 Å². The predicted molar refractivity (Wildman–Crippen MR) is 51.1 cm³/mol. The van der Waals surface area contributed by atoms with E-state index in [0.29, 0.717) is 12.5 Å². The standard InChI is InChI=1S/C10H18N2O/c1-9(13)5-8-12(7-2-6-11)10-3-4-10/h9-10,13H,2-5,7-8H2,1H3. The predicted octanol–water partition coefficient (Wildman–Crippen LogP) is 1.14. The lowest BCUT2D eigenvalue weighted by atomic mass is 10.2. The van der Waals surface area contributed by atoms with E-state index in [1.54, 1.807) is 0 Å². The van der Waals surface area contributed by atoms with E-state index in [4.69, 9.17) is 10.4 Å². The third-order valence-electron chi connectivity index (χ3n) is 2.41. The van der Waals surface area contributed by atoms with E-state index >= 15 is 0 Å². The summed E-state index contributed by atoms with van der Waals surface area (Å²) < 4.78 is 0. The molecule has 0 aromatic rings. The highest BCUT2D eigenvalue weighted by Gasteiger charge is 2.28. The summed E-state index contributed by atoms with van der Waals surface area (Å²) >= 11 is 0. The highest BCUT2D eigenvalue weighted by molar-refractivity contribution is 4.86. The van der Waals surface area contributed by atoms with Gasteiger partial charge in [-0.2, -0.15) is 5.26 Å². The van der Waals surface area contributed by atoms with E-state index in [1.165, 1.54) is 12.8 Å². The second kappa shape index (κ2) is 5.21. The largest absolute Gasteiger partial charge is 0.393 e. The van der Waals surface area contributed by atoms with Gasteiger partial charge in [0, 0.05) is 25.6 Å². The van der Waals surface area contributed by atoms with Crippen LogP contribution in [0.1, 0.15) is 32.6 Å². The Hall–Kier alpha value is -0.590. The van der Waals surface area contributed by atoms with E-state index in [1.807, 2.05) is 6.92 Å². The molecule has 1 rings (SSSR count). The third kappa shape index (κ3) is 4.25. The minimum absolute atomic E-state index is 0.219. The van der Waals surface area contributed by atoms with Crippen molar-refractivity contribution in [1.29, 1.82) is 5.26 Å². The Morgan fingerprint density at radius 1 is 1.54 bits per heavy atom. The molecular formula is C10H18N2O. The highest BCUT2D eigenvalue weighted by atomic mass is 16.3. The van der Waals surface area contributed by atoms with Crippen LogP contribution in [-0.2, 0) is 0 Å². The lowest BCUT2D eigenvalue weighted by Gasteiger charge is -2.21. The van der Waals surface area contributed by atoms with Gasteiger partial charge in [0.05, 0.1) is 12.2 Å². The Balaban J connectivity index is 2.18. The van der Waals surface area contributed by atoms with Crippen LogP contribution in [0.2, 0.25) is 0 Å².